The molecule has 3 fully saturated rings. The van der Waals surface area contributed by atoms with Crippen LogP contribution in [-0.4, -0.2) is 0 Å². The van der Waals surface area contributed by atoms with E-state index in [1.165, 1.54) is 57.5 Å². The minimum atomic E-state index is 0.756. The summed E-state index contributed by atoms with van der Waals surface area (Å²) in [5.41, 5.74) is 8.99. The van der Waals surface area contributed by atoms with E-state index in [0.717, 1.165) is 35.5 Å². The van der Waals surface area contributed by atoms with Crippen LogP contribution in [0.5, 0.6) is 0 Å². The van der Waals surface area contributed by atoms with Gasteiger partial charge in [0.2, 0.25) is 0 Å². The van der Waals surface area contributed by atoms with E-state index in [2.05, 4.69) is 134 Å². The van der Waals surface area contributed by atoms with Crippen LogP contribution in [0.1, 0.15) is 58.9 Å². The van der Waals surface area contributed by atoms with E-state index in [-0.39, 0.29) is 0 Å². The Hall–Kier alpha value is -4.16. The highest BCUT2D eigenvalue weighted by molar-refractivity contribution is 5.99. The molecule has 0 amide bonds. The minimum Gasteiger partial charge on any atom is -0.0628 e. The highest BCUT2D eigenvalue weighted by Crippen LogP contribution is 2.73. The predicted octanol–water partition coefficient (Wildman–Crippen LogP) is 10.7. The fourth-order valence-electron chi connectivity index (χ4n) is 9.36. The monoisotopic (exact) mass is 526 g/mol. The van der Waals surface area contributed by atoms with Crippen molar-refractivity contribution in [3.63, 3.8) is 0 Å². The summed E-state index contributed by atoms with van der Waals surface area (Å²) in [6.45, 7) is 0. The standard InChI is InChI=1S/C41H34/c1-2-8-26(9-3-1)10-4-5-11-27-14-16-28(17-15-27)20-35-33-18-19-34(35)41-39-25-38(40(33)41)36-23-31-21-29-12-6-7-13-30(29)22-32(31)24-37(36)39/h1-17,20-24,33-34,38-41H,18-19,25H2/b10-4+,11-5+,35-20?/t33-,34+,38+,39-,40?,41?. The van der Waals surface area contributed by atoms with E-state index in [1.54, 1.807) is 16.7 Å². The molecule has 4 aliphatic carbocycles. The van der Waals surface area contributed by atoms with Gasteiger partial charge in [0.1, 0.15) is 0 Å². The zero-order valence-electron chi connectivity index (χ0n) is 23.3. The second-order valence-corrected chi connectivity index (χ2v) is 12.9. The third-order valence-electron chi connectivity index (χ3n) is 10.9. The Kier molecular flexibility index (Phi) is 5.27. The smallest absolute Gasteiger partial charge is 0.0116 e. The summed E-state index contributed by atoms with van der Waals surface area (Å²) in [4.78, 5) is 0. The van der Waals surface area contributed by atoms with Gasteiger partial charge in [0.05, 0.1) is 0 Å². The zero-order chi connectivity index (χ0) is 26.9. The fourth-order valence-corrected chi connectivity index (χ4v) is 9.36. The molecule has 0 N–H and O–H groups in total. The maximum absolute atomic E-state index is 2.58. The van der Waals surface area contributed by atoms with Crippen LogP contribution in [0.2, 0.25) is 0 Å². The van der Waals surface area contributed by atoms with Crippen molar-refractivity contribution in [2.75, 3.05) is 0 Å². The van der Waals surface area contributed by atoms with Crippen molar-refractivity contribution in [1.29, 1.82) is 0 Å². The van der Waals surface area contributed by atoms with Crippen LogP contribution in [-0.2, 0) is 0 Å². The third kappa shape index (κ3) is 3.73. The molecule has 0 heterocycles. The molecule has 5 aromatic rings. The number of hydrogen-bond acceptors (Lipinski definition) is 0. The molecule has 5 aromatic carbocycles. The van der Waals surface area contributed by atoms with Gasteiger partial charge < -0.3 is 0 Å². The zero-order valence-corrected chi connectivity index (χ0v) is 23.3. The molecule has 6 atom stereocenters. The highest BCUT2D eigenvalue weighted by Gasteiger charge is 2.63. The highest BCUT2D eigenvalue weighted by atomic mass is 14.7. The maximum atomic E-state index is 2.58. The molecule has 0 heteroatoms. The van der Waals surface area contributed by atoms with Gasteiger partial charge in [-0.1, -0.05) is 127 Å². The third-order valence-corrected chi connectivity index (χ3v) is 10.9. The summed E-state index contributed by atoms with van der Waals surface area (Å²) in [5, 5.41) is 5.57. The first-order chi connectivity index (χ1) is 20.3. The Morgan fingerprint density at radius 1 is 0.463 bits per heavy atom. The molecule has 41 heavy (non-hydrogen) atoms. The average molecular weight is 527 g/mol. The van der Waals surface area contributed by atoms with Crippen LogP contribution in [0, 0.1) is 23.7 Å². The van der Waals surface area contributed by atoms with E-state index in [1.807, 2.05) is 0 Å². The Bertz CT molecular complexity index is 1800. The van der Waals surface area contributed by atoms with E-state index in [9.17, 15) is 0 Å². The van der Waals surface area contributed by atoms with Crippen molar-refractivity contribution in [3.05, 3.63) is 149 Å². The number of hydrogen-bond donors (Lipinski definition) is 0. The number of fused-ring (bicyclic) bond motifs is 14. The van der Waals surface area contributed by atoms with Crippen molar-refractivity contribution in [3.8, 4) is 0 Å². The van der Waals surface area contributed by atoms with E-state index in [0.29, 0.717) is 0 Å². The lowest BCUT2D eigenvalue weighted by Gasteiger charge is -2.35. The molecular weight excluding hydrogens is 492 g/mol. The first kappa shape index (κ1) is 23.5. The van der Waals surface area contributed by atoms with Gasteiger partial charge in [-0.25, -0.2) is 0 Å². The quantitative estimate of drug-likeness (QED) is 0.124. The molecule has 198 valence electrons. The van der Waals surface area contributed by atoms with Gasteiger partial charge in [-0.2, -0.15) is 0 Å². The molecule has 0 radical (unpaired) electrons. The van der Waals surface area contributed by atoms with Crippen molar-refractivity contribution >= 4 is 39.8 Å². The normalized spacial score (nSPS) is 28.5. The maximum Gasteiger partial charge on any atom is -0.0116 e. The number of allylic oxidation sites excluding steroid dienone is 3. The summed E-state index contributed by atoms with van der Waals surface area (Å²) in [5.74, 6) is 4.78. The van der Waals surface area contributed by atoms with Gasteiger partial charge in [0.25, 0.3) is 0 Å². The number of rotatable bonds is 4. The molecule has 0 aliphatic heterocycles. The lowest BCUT2D eigenvalue weighted by Crippen LogP contribution is -2.27. The largest absolute Gasteiger partial charge is 0.0628 e. The predicted molar refractivity (Wildman–Crippen MR) is 174 cm³/mol. The first-order valence-corrected chi connectivity index (χ1v) is 15.5. The fraction of sp³-hybridized carbons (Fsp3) is 0.220. The van der Waals surface area contributed by atoms with Gasteiger partial charge in [-0.3, -0.25) is 0 Å². The van der Waals surface area contributed by atoms with Crippen molar-refractivity contribution in [1.82, 2.24) is 0 Å². The molecule has 0 saturated heterocycles. The molecule has 4 bridgehead atoms. The first-order valence-electron chi connectivity index (χ1n) is 15.5. The summed E-state index contributed by atoms with van der Waals surface area (Å²) in [7, 11) is 0. The van der Waals surface area contributed by atoms with Crippen LogP contribution in [0.25, 0.3) is 39.8 Å². The molecule has 3 saturated carbocycles. The molecule has 4 aliphatic rings. The van der Waals surface area contributed by atoms with Crippen LogP contribution < -0.4 is 0 Å². The summed E-state index contributed by atoms with van der Waals surface area (Å²) >= 11 is 0. The molecule has 0 nitrogen and oxygen atoms in total. The Morgan fingerprint density at radius 3 is 1.56 bits per heavy atom. The second kappa shape index (κ2) is 9.18. The molecule has 2 unspecified atom stereocenters. The summed E-state index contributed by atoms with van der Waals surface area (Å²) < 4.78 is 0. The number of benzene rings is 5. The molecule has 9 rings (SSSR count). The van der Waals surface area contributed by atoms with Gasteiger partial charge in [-0.05, 0) is 116 Å². The average Bonchev–Trinajstić information content (AvgIpc) is 3.77. The summed E-state index contributed by atoms with van der Waals surface area (Å²) in [6, 6.07) is 38.5. The van der Waals surface area contributed by atoms with Crippen LogP contribution in [0.15, 0.2) is 121 Å². The molecule has 0 spiro atoms. The topological polar surface area (TPSA) is 0 Å². The Balaban J connectivity index is 0.981. The van der Waals surface area contributed by atoms with Crippen molar-refractivity contribution < 1.29 is 0 Å². The van der Waals surface area contributed by atoms with Gasteiger partial charge >= 0.3 is 0 Å². The lowest BCUT2D eigenvalue weighted by molar-refractivity contribution is 0.218. The molecular formula is C41H34. The Morgan fingerprint density at radius 2 is 0.976 bits per heavy atom. The van der Waals surface area contributed by atoms with Gasteiger partial charge in [0, 0.05) is 0 Å². The van der Waals surface area contributed by atoms with Gasteiger partial charge in [0.15, 0.2) is 0 Å². The van der Waals surface area contributed by atoms with E-state index < -0.39 is 0 Å². The van der Waals surface area contributed by atoms with Crippen molar-refractivity contribution in [2.45, 2.75) is 31.1 Å². The second-order valence-electron chi connectivity index (χ2n) is 12.9. The molecule has 0 aromatic heterocycles. The van der Waals surface area contributed by atoms with Crippen LogP contribution in [0.3, 0.4) is 0 Å². The van der Waals surface area contributed by atoms with E-state index >= 15 is 0 Å². The van der Waals surface area contributed by atoms with Gasteiger partial charge in [-0.15, -0.1) is 0 Å². The SMILES string of the molecule is C(=C1[C@H]2CC[C@@H]1C1C2[C@H]2C[C@@H]1c1cc3cc4ccccc4cc3cc12)c1ccc(/C=C/C=C/c2ccccc2)cc1. The Labute approximate surface area is 242 Å². The van der Waals surface area contributed by atoms with E-state index in [4.69, 9.17) is 0 Å². The van der Waals surface area contributed by atoms with Crippen LogP contribution >= 0.6 is 0 Å². The van der Waals surface area contributed by atoms with Crippen molar-refractivity contribution in [2.24, 2.45) is 23.7 Å². The summed E-state index contributed by atoms with van der Waals surface area (Å²) in [6.07, 6.45) is 15.4. The van der Waals surface area contributed by atoms with Crippen LogP contribution in [0.4, 0.5) is 0 Å². The lowest BCUT2D eigenvalue weighted by atomic mass is 9.68. The minimum absolute atomic E-state index is 0.756.